The monoisotopic (exact) mass is 505 g/mol. The number of halogens is 1. The molecule has 2 aromatic rings. The van der Waals surface area contributed by atoms with Gasteiger partial charge in [0.25, 0.3) is 0 Å². The van der Waals surface area contributed by atoms with Crippen LogP contribution in [-0.2, 0) is 25.5 Å². The first-order chi connectivity index (χ1) is 16.6. The Hall–Kier alpha value is -2.81. The molecule has 2 N–H and O–H groups in total. The maximum atomic E-state index is 12.6. The van der Waals surface area contributed by atoms with E-state index in [1.807, 2.05) is 12.1 Å². The summed E-state index contributed by atoms with van der Waals surface area (Å²) in [5, 5.41) is 14.1. The summed E-state index contributed by atoms with van der Waals surface area (Å²) < 4.78 is 22.2. The molecule has 0 amide bonds. The molecule has 1 aliphatic heterocycles. The average Bonchev–Trinajstić information content (AvgIpc) is 2.79. The molecule has 0 aliphatic carbocycles. The van der Waals surface area contributed by atoms with Crippen LogP contribution in [-0.4, -0.2) is 54.6 Å². The van der Waals surface area contributed by atoms with E-state index in [0.717, 1.165) is 11.1 Å². The van der Waals surface area contributed by atoms with Gasteiger partial charge in [-0.05, 0) is 76.1 Å². The molecule has 1 aliphatic rings. The molecule has 8 nitrogen and oxygen atoms in total. The lowest BCUT2D eigenvalue weighted by Gasteiger charge is -2.32. The third-order valence-electron chi connectivity index (χ3n) is 5.12. The summed E-state index contributed by atoms with van der Waals surface area (Å²) in [6, 6.07) is 12.4. The standard InChI is InChI=1S/C26H32ClNO7/c1-15(2)32-25(30)23-24(26(31)33-16(3)4)35-22-12-17(8-9-21(22)34-23)10-11-28-14-20(29)18-6-5-7-19(27)13-18/h5-9,12-13,15-16,20,23-24,28-29H,10-11,14H2,1-4H3. The summed E-state index contributed by atoms with van der Waals surface area (Å²) in [5.41, 5.74) is 1.67. The first kappa shape index (κ1) is 26.8. The van der Waals surface area contributed by atoms with Gasteiger partial charge in [-0.2, -0.15) is 0 Å². The van der Waals surface area contributed by atoms with E-state index < -0.39 is 30.3 Å². The quantitative estimate of drug-likeness (QED) is 0.373. The van der Waals surface area contributed by atoms with Gasteiger partial charge in [0.1, 0.15) is 0 Å². The maximum Gasteiger partial charge on any atom is 0.352 e. The van der Waals surface area contributed by atoms with E-state index in [0.29, 0.717) is 36.0 Å². The number of benzene rings is 2. The van der Waals surface area contributed by atoms with Crippen molar-refractivity contribution in [2.24, 2.45) is 0 Å². The third-order valence-corrected chi connectivity index (χ3v) is 5.36. The molecule has 3 rings (SSSR count). The number of carbonyl (C=O) groups is 2. The molecule has 0 saturated heterocycles. The zero-order chi connectivity index (χ0) is 25.5. The highest BCUT2D eigenvalue weighted by molar-refractivity contribution is 6.30. The van der Waals surface area contributed by atoms with E-state index in [-0.39, 0.29) is 12.2 Å². The lowest BCUT2D eigenvalue weighted by atomic mass is 10.1. The minimum atomic E-state index is -1.28. The lowest BCUT2D eigenvalue weighted by molar-refractivity contribution is -0.175. The van der Waals surface area contributed by atoms with Crippen LogP contribution in [0.25, 0.3) is 0 Å². The number of fused-ring (bicyclic) bond motifs is 1. The SMILES string of the molecule is CC(C)OC(=O)C1Oc2ccc(CCNCC(O)c3cccc(Cl)c3)cc2OC1C(=O)OC(C)C. The van der Waals surface area contributed by atoms with E-state index in [4.69, 9.17) is 30.5 Å². The molecule has 1 heterocycles. The van der Waals surface area contributed by atoms with Crippen molar-refractivity contribution < 1.29 is 33.6 Å². The highest BCUT2D eigenvalue weighted by Gasteiger charge is 2.44. The summed E-state index contributed by atoms with van der Waals surface area (Å²) in [6.07, 6.45) is -3.34. The first-order valence-electron chi connectivity index (χ1n) is 11.7. The summed E-state index contributed by atoms with van der Waals surface area (Å²) in [6.45, 7) is 7.82. The minimum absolute atomic E-state index is 0.345. The molecule has 0 fully saturated rings. The summed E-state index contributed by atoms with van der Waals surface area (Å²) in [5.74, 6) is -0.695. The third kappa shape index (κ3) is 7.59. The normalized spacial score (nSPS) is 17.8. The molecule has 2 aromatic carbocycles. The number of nitrogens with one attached hydrogen (secondary N) is 1. The molecule has 3 unspecified atom stereocenters. The van der Waals surface area contributed by atoms with Gasteiger partial charge in [-0.3, -0.25) is 0 Å². The Balaban J connectivity index is 1.63. The molecular formula is C26H32ClNO7. The molecule has 190 valence electrons. The van der Waals surface area contributed by atoms with Crippen molar-refractivity contribution in [2.75, 3.05) is 13.1 Å². The topological polar surface area (TPSA) is 103 Å². The van der Waals surface area contributed by atoms with E-state index in [1.165, 1.54) is 0 Å². The van der Waals surface area contributed by atoms with E-state index in [2.05, 4.69) is 5.32 Å². The number of ether oxygens (including phenoxy) is 4. The van der Waals surface area contributed by atoms with Gasteiger partial charge in [-0.1, -0.05) is 29.8 Å². The van der Waals surface area contributed by atoms with Crippen LogP contribution in [0.1, 0.15) is 44.9 Å². The number of aliphatic hydroxyl groups excluding tert-OH is 1. The largest absolute Gasteiger partial charge is 0.470 e. The number of hydrogen-bond donors (Lipinski definition) is 2. The molecule has 9 heteroatoms. The van der Waals surface area contributed by atoms with Crippen molar-refractivity contribution in [2.45, 2.75) is 64.6 Å². The van der Waals surface area contributed by atoms with Crippen LogP contribution >= 0.6 is 11.6 Å². The predicted octanol–water partition coefficient (Wildman–Crippen LogP) is 3.62. The lowest BCUT2D eigenvalue weighted by Crippen LogP contribution is -2.51. The number of hydrogen-bond acceptors (Lipinski definition) is 8. The summed E-state index contributed by atoms with van der Waals surface area (Å²) >= 11 is 5.98. The molecule has 0 spiro atoms. The number of aliphatic hydroxyl groups is 1. The smallest absolute Gasteiger partial charge is 0.352 e. The highest BCUT2D eigenvalue weighted by atomic mass is 35.5. The van der Waals surface area contributed by atoms with Crippen molar-refractivity contribution in [1.82, 2.24) is 5.32 Å². The van der Waals surface area contributed by atoms with Crippen molar-refractivity contribution in [3.05, 3.63) is 58.6 Å². The zero-order valence-electron chi connectivity index (χ0n) is 20.3. The van der Waals surface area contributed by atoms with Gasteiger partial charge in [-0.15, -0.1) is 0 Å². The van der Waals surface area contributed by atoms with Gasteiger partial charge in [0, 0.05) is 11.6 Å². The van der Waals surface area contributed by atoms with Gasteiger partial charge in [0.15, 0.2) is 11.5 Å². The van der Waals surface area contributed by atoms with E-state index in [1.54, 1.807) is 58.0 Å². The van der Waals surface area contributed by atoms with Crippen LogP contribution in [0.5, 0.6) is 11.5 Å². The predicted molar refractivity (Wildman–Crippen MR) is 131 cm³/mol. The Morgan fingerprint density at radius 1 is 0.971 bits per heavy atom. The van der Waals surface area contributed by atoms with Crippen LogP contribution < -0.4 is 14.8 Å². The zero-order valence-corrected chi connectivity index (χ0v) is 21.1. The second-order valence-corrected chi connectivity index (χ2v) is 9.29. The van der Waals surface area contributed by atoms with Crippen LogP contribution in [0.15, 0.2) is 42.5 Å². The Kier molecular flexibility index (Phi) is 9.37. The Labute approximate surface area is 210 Å². The maximum absolute atomic E-state index is 12.6. The van der Waals surface area contributed by atoms with Crippen molar-refractivity contribution in [3.8, 4) is 11.5 Å². The number of esters is 2. The summed E-state index contributed by atoms with van der Waals surface area (Å²) in [7, 11) is 0. The Morgan fingerprint density at radius 3 is 2.20 bits per heavy atom. The molecule has 0 radical (unpaired) electrons. The van der Waals surface area contributed by atoms with Gasteiger partial charge in [0.05, 0.1) is 18.3 Å². The number of rotatable bonds is 10. The van der Waals surface area contributed by atoms with Gasteiger partial charge < -0.3 is 29.4 Å². The van der Waals surface area contributed by atoms with Crippen LogP contribution in [0.3, 0.4) is 0 Å². The highest BCUT2D eigenvalue weighted by Crippen LogP contribution is 2.36. The molecule has 0 aromatic heterocycles. The van der Waals surface area contributed by atoms with Crippen LogP contribution in [0.2, 0.25) is 5.02 Å². The van der Waals surface area contributed by atoms with Gasteiger partial charge >= 0.3 is 11.9 Å². The average molecular weight is 506 g/mol. The Bertz CT molecular complexity index is 1030. The molecule has 35 heavy (non-hydrogen) atoms. The first-order valence-corrected chi connectivity index (χ1v) is 12.0. The van der Waals surface area contributed by atoms with Gasteiger partial charge in [0.2, 0.25) is 12.2 Å². The van der Waals surface area contributed by atoms with Crippen molar-refractivity contribution in [1.29, 1.82) is 0 Å². The van der Waals surface area contributed by atoms with E-state index >= 15 is 0 Å². The second-order valence-electron chi connectivity index (χ2n) is 8.85. The van der Waals surface area contributed by atoms with Gasteiger partial charge in [-0.25, -0.2) is 9.59 Å². The second kappa shape index (κ2) is 12.2. The van der Waals surface area contributed by atoms with Crippen LogP contribution in [0.4, 0.5) is 0 Å². The molecular weight excluding hydrogens is 474 g/mol. The van der Waals surface area contributed by atoms with Crippen molar-refractivity contribution in [3.63, 3.8) is 0 Å². The molecule has 0 saturated carbocycles. The fourth-order valence-electron chi connectivity index (χ4n) is 3.54. The van der Waals surface area contributed by atoms with Crippen LogP contribution in [0, 0.1) is 0 Å². The van der Waals surface area contributed by atoms with Crippen molar-refractivity contribution >= 4 is 23.5 Å². The van der Waals surface area contributed by atoms with E-state index in [9.17, 15) is 14.7 Å². The Morgan fingerprint density at radius 2 is 1.60 bits per heavy atom. The molecule has 3 atom stereocenters. The summed E-state index contributed by atoms with van der Waals surface area (Å²) in [4.78, 5) is 25.2. The number of carbonyl (C=O) groups excluding carboxylic acids is 2. The fourth-order valence-corrected chi connectivity index (χ4v) is 3.74. The minimum Gasteiger partial charge on any atom is -0.470 e. The fraction of sp³-hybridized carbons (Fsp3) is 0.462. The molecule has 0 bridgehead atoms.